The van der Waals surface area contributed by atoms with Gasteiger partial charge < -0.3 is 15.4 Å². The van der Waals surface area contributed by atoms with Crippen molar-refractivity contribution in [2.24, 2.45) is 0 Å². The summed E-state index contributed by atoms with van der Waals surface area (Å²) in [4.78, 5) is 14.7. The summed E-state index contributed by atoms with van der Waals surface area (Å²) in [6.07, 6.45) is -0.955. The minimum Gasteiger partial charge on any atom is -0.423 e. The topological polar surface area (TPSA) is 72.8 Å². The van der Waals surface area contributed by atoms with Gasteiger partial charge in [0.25, 0.3) is 11.8 Å². The van der Waals surface area contributed by atoms with Crippen molar-refractivity contribution in [2.75, 3.05) is 18.4 Å². The molecule has 152 valence electrons. The van der Waals surface area contributed by atoms with Gasteiger partial charge in [-0.1, -0.05) is 30.3 Å². The smallest absolute Gasteiger partial charge is 0.423 e. The van der Waals surface area contributed by atoms with Crippen LogP contribution in [-0.4, -0.2) is 47.0 Å². The predicted octanol–water partition coefficient (Wildman–Crippen LogP) is 1.57. The number of fused-ring (bicyclic) bond motifs is 1. The van der Waals surface area contributed by atoms with E-state index in [1.807, 2.05) is 0 Å². The fourth-order valence-electron chi connectivity index (χ4n) is 4.15. The lowest BCUT2D eigenvalue weighted by molar-refractivity contribution is -0.130. The third-order valence-electron chi connectivity index (χ3n) is 5.65. The molecule has 0 aliphatic carbocycles. The standard InChI is InChI=1S/C19H17BF4N2O3/c21-14-6-5-13-16(15(14)22)25-17(27)19(13,26-9-7-18(23,24)8-10-26)11-1-3-12(4-2-11)20(28)29/h1-6,28-29H,7-10H2,(H,25,27)/t19-/m0/s1. The lowest BCUT2D eigenvalue weighted by atomic mass is 9.76. The Morgan fingerprint density at radius 2 is 1.62 bits per heavy atom. The average Bonchev–Trinajstić information content (AvgIpc) is 2.98. The Labute approximate surface area is 164 Å². The van der Waals surface area contributed by atoms with Crippen LogP contribution in [0.1, 0.15) is 24.0 Å². The summed E-state index contributed by atoms with van der Waals surface area (Å²) in [5.41, 5.74) is -1.34. The third-order valence-corrected chi connectivity index (χ3v) is 5.65. The van der Waals surface area contributed by atoms with Gasteiger partial charge in [0.2, 0.25) is 0 Å². The summed E-state index contributed by atoms with van der Waals surface area (Å²) < 4.78 is 55.7. The number of rotatable bonds is 3. The largest absolute Gasteiger partial charge is 0.488 e. The molecule has 2 aliphatic rings. The number of carbonyl (C=O) groups excluding carboxylic acids is 1. The second-order valence-electron chi connectivity index (χ2n) is 7.29. The predicted molar refractivity (Wildman–Crippen MR) is 97.8 cm³/mol. The lowest BCUT2D eigenvalue weighted by Crippen LogP contribution is -2.56. The number of halogens is 4. The molecule has 1 fully saturated rings. The molecule has 2 aromatic rings. The highest BCUT2D eigenvalue weighted by Crippen LogP contribution is 2.48. The Kier molecular flexibility index (Phi) is 4.68. The van der Waals surface area contributed by atoms with Gasteiger partial charge in [-0.05, 0) is 17.1 Å². The molecule has 0 unspecified atom stereocenters. The number of benzene rings is 2. The van der Waals surface area contributed by atoms with E-state index in [0.717, 1.165) is 6.07 Å². The van der Waals surface area contributed by atoms with Gasteiger partial charge in [0, 0.05) is 31.5 Å². The van der Waals surface area contributed by atoms with E-state index in [0.29, 0.717) is 5.56 Å². The Morgan fingerprint density at radius 1 is 1.00 bits per heavy atom. The van der Waals surface area contributed by atoms with E-state index < -0.39 is 49.0 Å². The van der Waals surface area contributed by atoms with Crippen LogP contribution < -0.4 is 10.8 Å². The quantitative estimate of drug-likeness (QED) is 0.533. The number of likely N-dealkylation sites (tertiary alicyclic amines) is 1. The first-order chi connectivity index (χ1) is 13.7. The van der Waals surface area contributed by atoms with Crippen molar-refractivity contribution in [3.63, 3.8) is 0 Å². The van der Waals surface area contributed by atoms with Crippen molar-refractivity contribution in [2.45, 2.75) is 24.3 Å². The minimum atomic E-state index is -2.87. The molecule has 2 aliphatic heterocycles. The Bertz CT molecular complexity index is 961. The molecule has 4 rings (SSSR count). The molecule has 3 N–H and O–H groups in total. The van der Waals surface area contributed by atoms with Crippen LogP contribution in [0.2, 0.25) is 0 Å². The number of amides is 1. The summed E-state index contributed by atoms with van der Waals surface area (Å²) in [5, 5.41) is 21.0. The van der Waals surface area contributed by atoms with Gasteiger partial charge in [0.1, 0.15) is 0 Å². The van der Waals surface area contributed by atoms with Crippen LogP contribution in [-0.2, 0) is 10.3 Å². The van der Waals surface area contributed by atoms with Crippen LogP contribution >= 0.6 is 0 Å². The third kappa shape index (κ3) is 3.02. The van der Waals surface area contributed by atoms with Crippen LogP contribution in [0.3, 0.4) is 0 Å². The molecule has 0 radical (unpaired) electrons. The highest BCUT2D eigenvalue weighted by Gasteiger charge is 2.55. The van der Waals surface area contributed by atoms with Gasteiger partial charge >= 0.3 is 7.12 Å². The Morgan fingerprint density at radius 3 is 2.21 bits per heavy atom. The summed E-state index contributed by atoms with van der Waals surface area (Å²) in [6.45, 7) is -0.271. The maximum Gasteiger partial charge on any atom is 0.488 e. The van der Waals surface area contributed by atoms with Crippen LogP contribution in [0.5, 0.6) is 0 Å². The number of anilines is 1. The van der Waals surface area contributed by atoms with Gasteiger partial charge in [-0.3, -0.25) is 9.69 Å². The zero-order valence-corrected chi connectivity index (χ0v) is 15.1. The van der Waals surface area contributed by atoms with E-state index in [1.54, 1.807) is 0 Å². The lowest BCUT2D eigenvalue weighted by Gasteiger charge is -2.43. The van der Waals surface area contributed by atoms with Gasteiger partial charge in [0.05, 0.1) is 5.69 Å². The maximum absolute atomic E-state index is 14.4. The first-order valence-electron chi connectivity index (χ1n) is 9.06. The number of nitrogens with one attached hydrogen (secondary N) is 1. The van der Waals surface area contributed by atoms with E-state index in [9.17, 15) is 32.4 Å². The summed E-state index contributed by atoms with van der Waals surface area (Å²) in [7, 11) is -1.73. The van der Waals surface area contributed by atoms with Crippen LogP contribution in [0.4, 0.5) is 23.2 Å². The number of nitrogens with zero attached hydrogens (tertiary/aromatic N) is 1. The monoisotopic (exact) mass is 408 g/mol. The van der Waals surface area contributed by atoms with E-state index in [2.05, 4.69) is 5.32 Å². The zero-order chi connectivity index (χ0) is 21.0. The van der Waals surface area contributed by atoms with Gasteiger partial charge in [-0.15, -0.1) is 0 Å². The first-order valence-corrected chi connectivity index (χ1v) is 9.06. The molecule has 10 heteroatoms. The highest BCUT2D eigenvalue weighted by molar-refractivity contribution is 6.58. The van der Waals surface area contributed by atoms with E-state index in [4.69, 9.17) is 0 Å². The molecular formula is C19H17BF4N2O3. The molecule has 0 aromatic heterocycles. The SMILES string of the molecule is O=C1Nc2c(ccc(F)c2F)[C@]1(c1ccc(B(O)O)cc1)N1CCC(F)(F)CC1. The molecule has 1 amide bonds. The summed E-state index contributed by atoms with van der Waals surface area (Å²) >= 11 is 0. The summed E-state index contributed by atoms with van der Waals surface area (Å²) in [6, 6.07) is 7.84. The van der Waals surface area contributed by atoms with Crippen LogP contribution in [0.15, 0.2) is 36.4 Å². The maximum atomic E-state index is 14.4. The molecular weight excluding hydrogens is 391 g/mol. The van der Waals surface area contributed by atoms with Crippen LogP contribution in [0.25, 0.3) is 0 Å². The zero-order valence-electron chi connectivity index (χ0n) is 15.1. The normalized spacial score (nSPS) is 23.6. The number of piperidine rings is 1. The van der Waals surface area contributed by atoms with Crippen molar-refractivity contribution in [1.29, 1.82) is 0 Å². The molecule has 1 atom stereocenters. The van der Waals surface area contributed by atoms with E-state index >= 15 is 0 Å². The number of alkyl halides is 2. The second kappa shape index (κ2) is 6.82. The average molecular weight is 408 g/mol. The highest BCUT2D eigenvalue weighted by atomic mass is 19.3. The Balaban J connectivity index is 1.90. The van der Waals surface area contributed by atoms with Crippen LogP contribution in [0, 0.1) is 11.6 Å². The number of hydrogen-bond donors (Lipinski definition) is 3. The number of carbonyl (C=O) groups is 1. The van der Waals surface area contributed by atoms with E-state index in [-0.39, 0.29) is 29.8 Å². The molecule has 1 saturated heterocycles. The van der Waals surface area contributed by atoms with E-state index in [1.165, 1.54) is 35.2 Å². The fourth-order valence-corrected chi connectivity index (χ4v) is 4.15. The van der Waals surface area contributed by atoms with Crippen molar-refractivity contribution in [1.82, 2.24) is 4.90 Å². The van der Waals surface area contributed by atoms with Crippen molar-refractivity contribution < 1.29 is 32.4 Å². The van der Waals surface area contributed by atoms with Gasteiger partial charge in [0.15, 0.2) is 17.2 Å². The molecule has 29 heavy (non-hydrogen) atoms. The minimum absolute atomic E-state index is 0.129. The first kappa shape index (κ1) is 19.9. The molecule has 2 heterocycles. The fraction of sp³-hybridized carbons (Fsp3) is 0.316. The van der Waals surface area contributed by atoms with Crippen molar-refractivity contribution in [3.05, 3.63) is 59.2 Å². The second-order valence-corrected chi connectivity index (χ2v) is 7.29. The van der Waals surface area contributed by atoms with Crippen molar-refractivity contribution in [3.8, 4) is 0 Å². The molecule has 5 nitrogen and oxygen atoms in total. The summed E-state index contributed by atoms with van der Waals surface area (Å²) in [5.74, 6) is -5.90. The molecule has 2 aromatic carbocycles. The Hall–Kier alpha value is -2.43. The number of hydrogen-bond acceptors (Lipinski definition) is 4. The molecule has 0 saturated carbocycles. The van der Waals surface area contributed by atoms with Gasteiger partial charge in [-0.2, -0.15) is 0 Å². The van der Waals surface area contributed by atoms with Crippen molar-refractivity contribution >= 4 is 24.2 Å². The molecule has 0 bridgehead atoms. The molecule has 0 spiro atoms. The van der Waals surface area contributed by atoms with Gasteiger partial charge in [-0.25, -0.2) is 17.6 Å².